The number of nitrogens with zero attached hydrogens (tertiary/aromatic N) is 3. The molecule has 0 N–H and O–H groups in total. The van der Waals surface area contributed by atoms with Gasteiger partial charge in [-0.2, -0.15) is 4.98 Å². The number of rotatable bonds is 5. The van der Waals surface area contributed by atoms with Crippen LogP contribution in [0.1, 0.15) is 44.3 Å². The highest BCUT2D eigenvalue weighted by Crippen LogP contribution is 2.19. The quantitative estimate of drug-likeness (QED) is 0.760. The number of hydrogen-bond donors (Lipinski definition) is 0. The monoisotopic (exact) mass is 295 g/mol. The molecule has 1 saturated heterocycles. The average Bonchev–Trinajstić information content (AvgIpc) is 2.90. The van der Waals surface area contributed by atoms with Crippen LogP contribution in [0.4, 0.5) is 0 Å². The molecule has 1 atom stereocenters. The van der Waals surface area contributed by atoms with Crippen molar-refractivity contribution in [2.45, 2.75) is 52.0 Å². The van der Waals surface area contributed by atoms with Crippen molar-refractivity contribution in [3.05, 3.63) is 11.7 Å². The maximum Gasteiger partial charge on any atom is 0.328 e. The molecule has 1 aliphatic heterocycles. The highest BCUT2D eigenvalue weighted by atomic mass is 16.5. The largest absolute Gasteiger partial charge is 0.464 e. The fourth-order valence-corrected chi connectivity index (χ4v) is 2.51. The van der Waals surface area contributed by atoms with Gasteiger partial charge < -0.3 is 14.2 Å². The zero-order valence-electron chi connectivity index (χ0n) is 12.5. The van der Waals surface area contributed by atoms with E-state index in [0.717, 1.165) is 12.8 Å². The van der Waals surface area contributed by atoms with Gasteiger partial charge in [-0.15, -0.1) is 0 Å². The Hall–Kier alpha value is -1.92. The fraction of sp³-hybridized carbons (Fsp3) is 0.714. The van der Waals surface area contributed by atoms with Crippen molar-refractivity contribution in [2.24, 2.45) is 0 Å². The standard InChI is InChI=1S/C14H21N3O4/c1-3-20-14(19)11-6-4-5-9-17(11)13(18)8-7-12-15-10(2)16-21-12/h11H,3-9H2,1-2H3. The van der Waals surface area contributed by atoms with E-state index >= 15 is 0 Å². The Morgan fingerprint density at radius 1 is 1.43 bits per heavy atom. The summed E-state index contributed by atoms with van der Waals surface area (Å²) >= 11 is 0. The number of piperidine rings is 1. The molecule has 0 saturated carbocycles. The number of carbonyl (C=O) groups is 2. The Bertz CT molecular complexity index is 500. The molecule has 1 aliphatic rings. The second kappa shape index (κ2) is 7.19. The Kier molecular flexibility index (Phi) is 5.30. The van der Waals surface area contributed by atoms with Crippen molar-refractivity contribution in [1.29, 1.82) is 0 Å². The van der Waals surface area contributed by atoms with Crippen LogP contribution in [-0.2, 0) is 20.7 Å². The number of esters is 1. The molecular weight excluding hydrogens is 274 g/mol. The van der Waals surface area contributed by atoms with Gasteiger partial charge in [0.05, 0.1) is 6.61 Å². The van der Waals surface area contributed by atoms with Crippen LogP contribution in [-0.4, -0.2) is 46.1 Å². The lowest BCUT2D eigenvalue weighted by Gasteiger charge is -2.34. The van der Waals surface area contributed by atoms with Gasteiger partial charge in [0.2, 0.25) is 11.8 Å². The summed E-state index contributed by atoms with van der Waals surface area (Å²) in [5, 5.41) is 3.69. The Labute approximate surface area is 123 Å². The first kappa shape index (κ1) is 15.5. The highest BCUT2D eigenvalue weighted by molar-refractivity contribution is 5.84. The van der Waals surface area contributed by atoms with Crippen molar-refractivity contribution in [3.63, 3.8) is 0 Å². The van der Waals surface area contributed by atoms with E-state index in [4.69, 9.17) is 9.26 Å². The molecular formula is C14H21N3O4. The summed E-state index contributed by atoms with van der Waals surface area (Å²) in [5.41, 5.74) is 0. The molecule has 1 fully saturated rings. The molecule has 21 heavy (non-hydrogen) atoms. The lowest BCUT2D eigenvalue weighted by atomic mass is 10.0. The molecule has 0 radical (unpaired) electrons. The fourth-order valence-electron chi connectivity index (χ4n) is 2.51. The molecule has 116 valence electrons. The third kappa shape index (κ3) is 4.03. The molecule has 0 aliphatic carbocycles. The first-order chi connectivity index (χ1) is 10.1. The smallest absolute Gasteiger partial charge is 0.328 e. The van der Waals surface area contributed by atoms with Crippen molar-refractivity contribution < 1.29 is 18.8 Å². The lowest BCUT2D eigenvalue weighted by Crippen LogP contribution is -2.48. The number of ether oxygens (including phenoxy) is 1. The van der Waals surface area contributed by atoms with Gasteiger partial charge in [-0.25, -0.2) is 4.79 Å². The van der Waals surface area contributed by atoms with Crippen molar-refractivity contribution in [1.82, 2.24) is 15.0 Å². The molecule has 1 unspecified atom stereocenters. The van der Waals surface area contributed by atoms with E-state index in [0.29, 0.717) is 37.7 Å². The third-order valence-corrected chi connectivity index (χ3v) is 3.50. The van der Waals surface area contributed by atoms with E-state index in [1.54, 1.807) is 18.7 Å². The molecule has 2 heterocycles. The molecule has 1 aromatic heterocycles. The second-order valence-electron chi connectivity index (χ2n) is 5.09. The normalized spacial score (nSPS) is 18.6. The van der Waals surface area contributed by atoms with Gasteiger partial charge in [0.1, 0.15) is 6.04 Å². The van der Waals surface area contributed by atoms with Gasteiger partial charge in [-0.05, 0) is 33.1 Å². The topological polar surface area (TPSA) is 85.5 Å². The van der Waals surface area contributed by atoms with Gasteiger partial charge >= 0.3 is 5.97 Å². The van der Waals surface area contributed by atoms with Crippen LogP contribution in [0, 0.1) is 6.92 Å². The van der Waals surface area contributed by atoms with E-state index in [1.807, 2.05) is 0 Å². The highest BCUT2D eigenvalue weighted by Gasteiger charge is 2.32. The maximum absolute atomic E-state index is 12.3. The minimum absolute atomic E-state index is 0.0661. The minimum atomic E-state index is -0.448. The number of likely N-dealkylation sites (tertiary alicyclic amines) is 1. The van der Waals surface area contributed by atoms with Crippen molar-refractivity contribution in [2.75, 3.05) is 13.2 Å². The van der Waals surface area contributed by atoms with Gasteiger partial charge in [0, 0.05) is 19.4 Å². The van der Waals surface area contributed by atoms with E-state index < -0.39 is 6.04 Å². The van der Waals surface area contributed by atoms with E-state index in [1.165, 1.54) is 0 Å². The van der Waals surface area contributed by atoms with E-state index in [9.17, 15) is 9.59 Å². The van der Waals surface area contributed by atoms with Gasteiger partial charge in [-0.1, -0.05) is 5.16 Å². The molecule has 7 nitrogen and oxygen atoms in total. The van der Waals surface area contributed by atoms with Crippen LogP contribution >= 0.6 is 0 Å². The van der Waals surface area contributed by atoms with Crippen LogP contribution in [0.25, 0.3) is 0 Å². The number of carbonyl (C=O) groups excluding carboxylic acids is 2. The zero-order chi connectivity index (χ0) is 15.2. The van der Waals surface area contributed by atoms with E-state index in [-0.39, 0.29) is 18.3 Å². The molecule has 0 spiro atoms. The summed E-state index contributed by atoms with van der Waals surface area (Å²) in [7, 11) is 0. The average molecular weight is 295 g/mol. The van der Waals surface area contributed by atoms with Gasteiger partial charge in [0.15, 0.2) is 5.82 Å². The predicted octanol–water partition coefficient (Wildman–Crippen LogP) is 1.25. The molecule has 1 amide bonds. The van der Waals surface area contributed by atoms with Crippen molar-refractivity contribution >= 4 is 11.9 Å². The first-order valence-corrected chi connectivity index (χ1v) is 7.37. The van der Waals surface area contributed by atoms with Crippen LogP contribution in [0.2, 0.25) is 0 Å². The molecule has 2 rings (SSSR count). The second-order valence-corrected chi connectivity index (χ2v) is 5.09. The molecule has 0 aromatic carbocycles. The molecule has 7 heteroatoms. The van der Waals surface area contributed by atoms with Gasteiger partial charge in [0.25, 0.3) is 0 Å². The van der Waals surface area contributed by atoms with Crippen LogP contribution in [0.3, 0.4) is 0 Å². The molecule has 1 aromatic rings. The van der Waals surface area contributed by atoms with Crippen molar-refractivity contribution in [3.8, 4) is 0 Å². The maximum atomic E-state index is 12.3. The van der Waals surface area contributed by atoms with Gasteiger partial charge in [-0.3, -0.25) is 4.79 Å². The number of hydrogen-bond acceptors (Lipinski definition) is 6. The minimum Gasteiger partial charge on any atom is -0.464 e. The summed E-state index contributed by atoms with van der Waals surface area (Å²) in [6, 6.07) is -0.448. The lowest BCUT2D eigenvalue weighted by molar-refractivity contribution is -0.156. The summed E-state index contributed by atoms with van der Waals surface area (Å²) in [6.07, 6.45) is 3.19. The Balaban J connectivity index is 1.93. The summed E-state index contributed by atoms with van der Waals surface area (Å²) in [5.74, 6) is 0.633. The third-order valence-electron chi connectivity index (χ3n) is 3.50. The summed E-state index contributed by atoms with van der Waals surface area (Å²) in [4.78, 5) is 30.0. The summed E-state index contributed by atoms with van der Waals surface area (Å²) < 4.78 is 10.0. The van der Waals surface area contributed by atoms with E-state index in [2.05, 4.69) is 10.1 Å². The Morgan fingerprint density at radius 2 is 2.24 bits per heavy atom. The number of aryl methyl sites for hydroxylation is 2. The summed E-state index contributed by atoms with van der Waals surface area (Å²) in [6.45, 7) is 4.44. The Morgan fingerprint density at radius 3 is 2.90 bits per heavy atom. The molecule has 0 bridgehead atoms. The van der Waals surface area contributed by atoms with Crippen LogP contribution in [0.15, 0.2) is 4.52 Å². The zero-order valence-corrected chi connectivity index (χ0v) is 12.5. The SMILES string of the molecule is CCOC(=O)C1CCCCN1C(=O)CCc1nc(C)no1. The predicted molar refractivity (Wildman–Crippen MR) is 73.3 cm³/mol. The van der Waals surface area contributed by atoms with Crippen LogP contribution in [0.5, 0.6) is 0 Å². The number of aromatic nitrogens is 2. The first-order valence-electron chi connectivity index (χ1n) is 7.37. The van der Waals surface area contributed by atoms with Crippen LogP contribution < -0.4 is 0 Å². The number of amides is 1.